The van der Waals surface area contributed by atoms with Crippen LogP contribution in [-0.4, -0.2) is 31.9 Å². The van der Waals surface area contributed by atoms with Gasteiger partial charge in [-0.25, -0.2) is 4.39 Å². The lowest BCUT2D eigenvalue weighted by Crippen LogP contribution is -2.40. The Labute approximate surface area is 121 Å². The summed E-state index contributed by atoms with van der Waals surface area (Å²) in [6.45, 7) is 9.19. The minimum Gasteiger partial charge on any atom is -0.382 e. The van der Waals surface area contributed by atoms with E-state index in [0.29, 0.717) is 18.7 Å². The van der Waals surface area contributed by atoms with Crippen molar-refractivity contribution in [2.75, 3.05) is 20.3 Å². The highest BCUT2D eigenvalue weighted by molar-refractivity contribution is 5.20. The Hall–Kier alpha value is -0.970. The van der Waals surface area contributed by atoms with Gasteiger partial charge in [0.25, 0.3) is 0 Å². The van der Waals surface area contributed by atoms with Gasteiger partial charge in [-0.05, 0) is 33.8 Å². The topological polar surface area (TPSA) is 30.5 Å². The molecule has 0 fully saturated rings. The second-order valence-corrected chi connectivity index (χ2v) is 6.04. The van der Waals surface area contributed by atoms with Crippen LogP contribution in [0.15, 0.2) is 24.3 Å². The number of halogens is 1. The summed E-state index contributed by atoms with van der Waals surface area (Å²) in [6.07, 6.45) is -0.424. The number of hydrogen-bond donors (Lipinski definition) is 1. The summed E-state index contributed by atoms with van der Waals surface area (Å²) in [6, 6.07) is 6.74. The predicted molar refractivity (Wildman–Crippen MR) is 79.3 cm³/mol. The largest absolute Gasteiger partial charge is 0.382 e. The molecule has 0 amide bonds. The molecule has 2 unspecified atom stereocenters. The summed E-state index contributed by atoms with van der Waals surface area (Å²) in [4.78, 5) is 0. The standard InChI is InChI=1S/C16H26FNO2/c1-12(11-19-5)20-15(10-18-16(2,3)4)13-8-6-7-9-14(13)17/h6-9,12,15,18H,10-11H2,1-5H3. The van der Waals surface area contributed by atoms with Crippen molar-refractivity contribution >= 4 is 0 Å². The zero-order valence-electron chi connectivity index (χ0n) is 13.1. The van der Waals surface area contributed by atoms with Crippen LogP contribution >= 0.6 is 0 Å². The molecule has 4 heteroatoms. The maximum Gasteiger partial charge on any atom is 0.129 e. The fourth-order valence-electron chi connectivity index (χ4n) is 1.92. The summed E-state index contributed by atoms with van der Waals surface area (Å²) in [5, 5.41) is 3.36. The van der Waals surface area contributed by atoms with E-state index in [2.05, 4.69) is 26.1 Å². The monoisotopic (exact) mass is 283 g/mol. The third-order valence-electron chi connectivity index (χ3n) is 2.87. The van der Waals surface area contributed by atoms with E-state index < -0.39 is 0 Å². The first-order valence-electron chi connectivity index (χ1n) is 6.97. The number of benzene rings is 1. The van der Waals surface area contributed by atoms with E-state index in [0.717, 1.165) is 0 Å². The van der Waals surface area contributed by atoms with Gasteiger partial charge in [-0.15, -0.1) is 0 Å². The third kappa shape index (κ3) is 5.99. The summed E-state index contributed by atoms with van der Waals surface area (Å²) >= 11 is 0. The summed E-state index contributed by atoms with van der Waals surface area (Å²) in [5.41, 5.74) is 0.532. The van der Waals surface area contributed by atoms with Gasteiger partial charge in [0.15, 0.2) is 0 Å². The van der Waals surface area contributed by atoms with Crippen LogP contribution in [0, 0.1) is 5.82 Å². The first kappa shape index (κ1) is 17.1. The lowest BCUT2D eigenvalue weighted by atomic mass is 10.1. The maximum atomic E-state index is 14.0. The Morgan fingerprint density at radius 3 is 2.45 bits per heavy atom. The third-order valence-corrected chi connectivity index (χ3v) is 2.87. The molecule has 2 atom stereocenters. The molecule has 1 rings (SSSR count). The number of methoxy groups -OCH3 is 1. The van der Waals surface area contributed by atoms with E-state index in [-0.39, 0.29) is 23.6 Å². The van der Waals surface area contributed by atoms with Gasteiger partial charge in [-0.3, -0.25) is 0 Å². The van der Waals surface area contributed by atoms with Crippen molar-refractivity contribution in [2.45, 2.75) is 45.4 Å². The fourth-order valence-corrected chi connectivity index (χ4v) is 1.92. The number of rotatable bonds is 7. The molecule has 0 aliphatic heterocycles. The van der Waals surface area contributed by atoms with Crippen LogP contribution in [0.4, 0.5) is 4.39 Å². The van der Waals surface area contributed by atoms with Crippen LogP contribution in [0.3, 0.4) is 0 Å². The summed E-state index contributed by atoms with van der Waals surface area (Å²) in [5.74, 6) is -0.238. The highest BCUT2D eigenvalue weighted by Crippen LogP contribution is 2.22. The molecular weight excluding hydrogens is 257 g/mol. The summed E-state index contributed by atoms with van der Waals surface area (Å²) in [7, 11) is 1.63. The summed E-state index contributed by atoms with van der Waals surface area (Å²) < 4.78 is 25.0. The van der Waals surface area contributed by atoms with Crippen molar-refractivity contribution < 1.29 is 13.9 Å². The van der Waals surface area contributed by atoms with Crippen molar-refractivity contribution in [3.05, 3.63) is 35.6 Å². The molecule has 0 heterocycles. The lowest BCUT2D eigenvalue weighted by Gasteiger charge is -2.28. The molecule has 3 nitrogen and oxygen atoms in total. The number of ether oxygens (including phenoxy) is 2. The number of hydrogen-bond acceptors (Lipinski definition) is 3. The zero-order valence-corrected chi connectivity index (χ0v) is 13.1. The molecule has 114 valence electrons. The van der Waals surface area contributed by atoms with Gasteiger partial charge in [0, 0.05) is 24.8 Å². The molecule has 1 aromatic carbocycles. The van der Waals surface area contributed by atoms with Gasteiger partial charge < -0.3 is 14.8 Å². The van der Waals surface area contributed by atoms with E-state index in [4.69, 9.17) is 9.47 Å². The second kappa shape index (κ2) is 7.72. The average Bonchev–Trinajstić information content (AvgIpc) is 2.34. The number of nitrogens with one attached hydrogen (secondary N) is 1. The Kier molecular flexibility index (Phi) is 6.59. The van der Waals surface area contributed by atoms with Crippen molar-refractivity contribution in [1.82, 2.24) is 5.32 Å². The molecular formula is C16H26FNO2. The average molecular weight is 283 g/mol. The molecule has 0 radical (unpaired) electrons. The van der Waals surface area contributed by atoms with Gasteiger partial charge >= 0.3 is 0 Å². The molecule has 0 saturated carbocycles. The molecule has 0 aromatic heterocycles. The maximum absolute atomic E-state index is 14.0. The van der Waals surface area contributed by atoms with Crippen LogP contribution in [0.1, 0.15) is 39.4 Å². The van der Waals surface area contributed by atoms with Crippen LogP contribution in [0.5, 0.6) is 0 Å². The minimum atomic E-state index is -0.333. The molecule has 0 bridgehead atoms. The molecule has 1 N–H and O–H groups in total. The molecule has 0 aliphatic carbocycles. The first-order valence-corrected chi connectivity index (χ1v) is 6.97. The van der Waals surface area contributed by atoms with E-state index in [9.17, 15) is 4.39 Å². The predicted octanol–water partition coefficient (Wildman–Crippen LogP) is 3.31. The molecule has 20 heavy (non-hydrogen) atoms. The Morgan fingerprint density at radius 1 is 1.25 bits per heavy atom. The molecule has 0 spiro atoms. The van der Waals surface area contributed by atoms with Crippen LogP contribution in [-0.2, 0) is 9.47 Å². The van der Waals surface area contributed by atoms with Crippen molar-refractivity contribution in [2.24, 2.45) is 0 Å². The SMILES string of the molecule is COCC(C)OC(CNC(C)(C)C)c1ccccc1F. The quantitative estimate of drug-likeness (QED) is 0.833. The molecule has 0 aliphatic rings. The van der Waals surface area contributed by atoms with E-state index in [1.165, 1.54) is 6.07 Å². The van der Waals surface area contributed by atoms with Crippen LogP contribution in [0.2, 0.25) is 0 Å². The van der Waals surface area contributed by atoms with Crippen molar-refractivity contribution in [3.63, 3.8) is 0 Å². The molecule has 0 saturated heterocycles. The highest BCUT2D eigenvalue weighted by Gasteiger charge is 2.21. The van der Waals surface area contributed by atoms with Crippen LogP contribution in [0.25, 0.3) is 0 Å². The minimum absolute atomic E-state index is 0.0443. The fraction of sp³-hybridized carbons (Fsp3) is 0.625. The Balaban J connectivity index is 2.81. The Morgan fingerprint density at radius 2 is 1.90 bits per heavy atom. The van der Waals surface area contributed by atoms with Crippen LogP contribution < -0.4 is 5.32 Å². The second-order valence-electron chi connectivity index (χ2n) is 6.04. The Bertz CT molecular complexity index is 404. The first-order chi connectivity index (χ1) is 9.33. The smallest absolute Gasteiger partial charge is 0.129 e. The van der Waals surface area contributed by atoms with Crippen molar-refractivity contribution in [1.29, 1.82) is 0 Å². The van der Waals surface area contributed by atoms with Crippen molar-refractivity contribution in [3.8, 4) is 0 Å². The van der Waals surface area contributed by atoms with E-state index in [1.54, 1.807) is 19.2 Å². The van der Waals surface area contributed by atoms with Gasteiger partial charge in [-0.2, -0.15) is 0 Å². The van der Waals surface area contributed by atoms with Gasteiger partial charge in [0.05, 0.1) is 18.8 Å². The van der Waals surface area contributed by atoms with Gasteiger partial charge in [0.1, 0.15) is 5.82 Å². The van der Waals surface area contributed by atoms with Gasteiger partial charge in [-0.1, -0.05) is 18.2 Å². The molecule has 1 aromatic rings. The highest BCUT2D eigenvalue weighted by atomic mass is 19.1. The normalized spacial score (nSPS) is 15.1. The van der Waals surface area contributed by atoms with Gasteiger partial charge in [0.2, 0.25) is 0 Å². The zero-order chi connectivity index (χ0) is 15.2. The van der Waals surface area contributed by atoms with E-state index in [1.807, 2.05) is 13.0 Å². The lowest BCUT2D eigenvalue weighted by molar-refractivity contribution is -0.0424. The van der Waals surface area contributed by atoms with E-state index >= 15 is 0 Å².